The highest BCUT2D eigenvalue weighted by Gasteiger charge is 2.19. The predicted octanol–water partition coefficient (Wildman–Crippen LogP) is 1.96. The Balaban J connectivity index is 1.45. The number of imidazole rings is 1. The summed E-state index contributed by atoms with van der Waals surface area (Å²) < 4.78 is 1.92. The third-order valence-electron chi connectivity index (χ3n) is 3.92. The Morgan fingerprint density at radius 1 is 1.39 bits per heavy atom. The third kappa shape index (κ3) is 2.97. The van der Waals surface area contributed by atoms with E-state index >= 15 is 0 Å². The van der Waals surface area contributed by atoms with Gasteiger partial charge in [0, 0.05) is 36.8 Å². The minimum Gasteiger partial charge on any atom is -0.307 e. The number of hydrogen-bond acceptors (Lipinski definition) is 5. The summed E-state index contributed by atoms with van der Waals surface area (Å²) in [5.41, 5.74) is 2.73. The number of fused-ring (bicyclic) bond motifs is 2. The molecule has 0 aromatic carbocycles. The molecular formula is C16H17N5OS. The van der Waals surface area contributed by atoms with E-state index in [0.717, 1.165) is 36.5 Å². The summed E-state index contributed by atoms with van der Waals surface area (Å²) in [6.45, 7) is 1.93. The smallest absolute Gasteiger partial charge is 0.232 e. The number of aromatic nitrogens is 3. The summed E-state index contributed by atoms with van der Waals surface area (Å²) in [5.74, 6) is -0.0761. The van der Waals surface area contributed by atoms with Crippen LogP contribution in [0.25, 0.3) is 5.65 Å². The second-order valence-corrected chi connectivity index (χ2v) is 6.88. The zero-order valence-corrected chi connectivity index (χ0v) is 13.6. The first-order chi connectivity index (χ1) is 11.2. The van der Waals surface area contributed by atoms with Crippen LogP contribution in [0.5, 0.6) is 0 Å². The van der Waals surface area contributed by atoms with Gasteiger partial charge in [0.15, 0.2) is 5.13 Å². The summed E-state index contributed by atoms with van der Waals surface area (Å²) in [4.78, 5) is 24.7. The second kappa shape index (κ2) is 5.75. The summed E-state index contributed by atoms with van der Waals surface area (Å²) in [5, 5.41) is 3.60. The Bertz CT molecular complexity index is 835. The Morgan fingerprint density at radius 3 is 3.17 bits per heavy atom. The molecule has 0 fully saturated rings. The number of carbonyl (C=O) groups is 1. The molecule has 0 bridgehead atoms. The van der Waals surface area contributed by atoms with E-state index in [1.54, 1.807) is 11.3 Å². The number of amides is 1. The van der Waals surface area contributed by atoms with Crippen molar-refractivity contribution < 1.29 is 4.79 Å². The first kappa shape index (κ1) is 14.3. The van der Waals surface area contributed by atoms with E-state index < -0.39 is 0 Å². The van der Waals surface area contributed by atoms with Crippen LogP contribution in [0.2, 0.25) is 0 Å². The van der Waals surface area contributed by atoms with Crippen LogP contribution in [0.1, 0.15) is 16.3 Å². The number of thiazole rings is 1. The van der Waals surface area contributed by atoms with Crippen molar-refractivity contribution in [2.24, 2.45) is 0 Å². The lowest BCUT2D eigenvalue weighted by Gasteiger charge is -2.20. The minimum absolute atomic E-state index is 0.0761. The molecule has 118 valence electrons. The van der Waals surface area contributed by atoms with Crippen molar-refractivity contribution in [2.75, 3.05) is 18.9 Å². The highest BCUT2D eigenvalue weighted by Crippen LogP contribution is 2.27. The van der Waals surface area contributed by atoms with Gasteiger partial charge in [-0.05, 0) is 19.2 Å². The molecule has 0 saturated heterocycles. The van der Waals surface area contributed by atoms with Crippen molar-refractivity contribution in [3.63, 3.8) is 0 Å². The molecule has 0 unspecified atom stereocenters. The lowest BCUT2D eigenvalue weighted by molar-refractivity contribution is -0.115. The first-order valence-electron chi connectivity index (χ1n) is 7.57. The number of rotatable bonds is 3. The molecule has 1 amide bonds. The minimum atomic E-state index is -0.0761. The largest absolute Gasteiger partial charge is 0.307 e. The monoisotopic (exact) mass is 327 g/mol. The van der Waals surface area contributed by atoms with Gasteiger partial charge in [0.1, 0.15) is 5.65 Å². The van der Waals surface area contributed by atoms with E-state index in [2.05, 4.69) is 27.2 Å². The van der Waals surface area contributed by atoms with Crippen molar-refractivity contribution >= 4 is 28.0 Å². The Morgan fingerprint density at radius 2 is 2.30 bits per heavy atom. The molecule has 1 N–H and O–H groups in total. The van der Waals surface area contributed by atoms with Crippen molar-refractivity contribution in [1.82, 2.24) is 19.3 Å². The van der Waals surface area contributed by atoms with Gasteiger partial charge < -0.3 is 14.6 Å². The fraction of sp³-hybridized carbons (Fsp3) is 0.312. The van der Waals surface area contributed by atoms with Crippen molar-refractivity contribution in [3.05, 3.63) is 46.9 Å². The molecule has 1 aliphatic rings. The van der Waals surface area contributed by atoms with Gasteiger partial charge in [-0.2, -0.15) is 0 Å². The van der Waals surface area contributed by atoms with Crippen molar-refractivity contribution in [1.29, 1.82) is 0 Å². The molecule has 3 aromatic heterocycles. The Labute approximate surface area is 137 Å². The first-order valence-corrected chi connectivity index (χ1v) is 8.38. The van der Waals surface area contributed by atoms with Crippen LogP contribution < -0.4 is 5.32 Å². The number of pyridine rings is 1. The van der Waals surface area contributed by atoms with Crippen LogP contribution in [0.3, 0.4) is 0 Å². The van der Waals surface area contributed by atoms with Gasteiger partial charge in [-0.1, -0.05) is 6.07 Å². The van der Waals surface area contributed by atoms with Crippen molar-refractivity contribution in [3.8, 4) is 0 Å². The molecule has 7 heteroatoms. The lowest BCUT2D eigenvalue weighted by atomic mass is 10.2. The standard InChI is InChI=1S/C16H17N5OS/c1-20-7-5-12-13(10-20)23-16(18-12)19-15(22)8-11-9-21-6-3-2-4-14(21)17-11/h2-4,6,9H,5,7-8,10H2,1H3,(H,18,19,22). The average molecular weight is 327 g/mol. The van der Waals surface area contributed by atoms with E-state index in [0.29, 0.717) is 5.13 Å². The zero-order valence-electron chi connectivity index (χ0n) is 12.8. The van der Waals surface area contributed by atoms with E-state index in [1.807, 2.05) is 35.0 Å². The fourth-order valence-electron chi connectivity index (χ4n) is 2.78. The van der Waals surface area contributed by atoms with Crippen LogP contribution in [-0.4, -0.2) is 38.8 Å². The summed E-state index contributed by atoms with van der Waals surface area (Å²) in [7, 11) is 2.10. The molecule has 0 radical (unpaired) electrons. The number of likely N-dealkylation sites (N-methyl/N-ethyl adjacent to an activating group) is 1. The molecule has 0 aliphatic carbocycles. The van der Waals surface area contributed by atoms with Gasteiger partial charge in [0.25, 0.3) is 0 Å². The molecule has 0 spiro atoms. The van der Waals surface area contributed by atoms with Gasteiger partial charge in [0.05, 0.1) is 17.8 Å². The zero-order chi connectivity index (χ0) is 15.8. The molecule has 4 rings (SSSR count). The number of carbonyl (C=O) groups excluding carboxylic acids is 1. The second-order valence-electron chi connectivity index (χ2n) is 5.80. The fourth-order valence-corrected chi connectivity index (χ4v) is 3.88. The molecule has 23 heavy (non-hydrogen) atoms. The van der Waals surface area contributed by atoms with Crippen LogP contribution >= 0.6 is 11.3 Å². The molecule has 3 aromatic rings. The van der Waals surface area contributed by atoms with Gasteiger partial charge in [-0.3, -0.25) is 4.79 Å². The van der Waals surface area contributed by atoms with Gasteiger partial charge in [-0.25, -0.2) is 9.97 Å². The Kier molecular flexibility index (Phi) is 3.59. The Hall–Kier alpha value is -2.25. The van der Waals surface area contributed by atoms with Gasteiger partial charge >= 0.3 is 0 Å². The molecule has 6 nitrogen and oxygen atoms in total. The van der Waals surface area contributed by atoms with Crippen LogP contribution in [0, 0.1) is 0 Å². The SMILES string of the molecule is CN1CCc2nc(NC(=O)Cc3cn4ccccc4n3)sc2C1. The maximum atomic E-state index is 12.2. The number of hydrogen-bond donors (Lipinski definition) is 1. The van der Waals surface area contributed by atoms with Crippen molar-refractivity contribution in [2.45, 2.75) is 19.4 Å². The molecule has 1 aliphatic heterocycles. The van der Waals surface area contributed by atoms with Crippen LogP contribution in [0.4, 0.5) is 5.13 Å². The molecular weight excluding hydrogens is 310 g/mol. The topological polar surface area (TPSA) is 62.5 Å². The maximum Gasteiger partial charge on any atom is 0.232 e. The van der Waals surface area contributed by atoms with E-state index in [9.17, 15) is 4.79 Å². The maximum absolute atomic E-state index is 12.2. The summed E-state index contributed by atoms with van der Waals surface area (Å²) in [6.07, 6.45) is 5.02. The normalized spacial score (nSPS) is 14.8. The van der Waals surface area contributed by atoms with E-state index in [-0.39, 0.29) is 12.3 Å². The summed E-state index contributed by atoms with van der Waals surface area (Å²) >= 11 is 1.57. The highest BCUT2D eigenvalue weighted by molar-refractivity contribution is 7.15. The molecule has 0 atom stereocenters. The molecule has 0 saturated carbocycles. The number of anilines is 1. The molecule has 4 heterocycles. The van der Waals surface area contributed by atoms with E-state index in [1.165, 1.54) is 4.88 Å². The van der Waals surface area contributed by atoms with Crippen LogP contribution in [-0.2, 0) is 24.2 Å². The van der Waals surface area contributed by atoms with Gasteiger partial charge in [0.2, 0.25) is 5.91 Å². The van der Waals surface area contributed by atoms with Crippen LogP contribution in [0.15, 0.2) is 30.6 Å². The average Bonchev–Trinajstić information content (AvgIpc) is 3.08. The number of nitrogens with zero attached hydrogens (tertiary/aromatic N) is 4. The lowest BCUT2D eigenvalue weighted by Crippen LogP contribution is -2.25. The highest BCUT2D eigenvalue weighted by atomic mass is 32.1. The third-order valence-corrected chi connectivity index (χ3v) is 4.92. The summed E-state index contributed by atoms with van der Waals surface area (Å²) in [6, 6.07) is 5.80. The van der Waals surface area contributed by atoms with E-state index in [4.69, 9.17) is 0 Å². The predicted molar refractivity (Wildman–Crippen MR) is 89.7 cm³/mol. The quantitative estimate of drug-likeness (QED) is 0.799. The number of nitrogens with one attached hydrogen (secondary N) is 1. The van der Waals surface area contributed by atoms with Gasteiger partial charge in [-0.15, -0.1) is 11.3 Å².